The van der Waals surface area contributed by atoms with Crippen LogP contribution >= 0.6 is 0 Å². The van der Waals surface area contributed by atoms with Gasteiger partial charge < -0.3 is 19.6 Å². The van der Waals surface area contributed by atoms with Crippen molar-refractivity contribution in [2.75, 3.05) is 31.1 Å². The number of rotatable bonds is 2. The standard InChI is InChI=1S/C17H24N2O4/c1-12(20)14-6-5-13(11-15(14)21)18-7-9-19(10-8-18)16(22)23-17(2,3)4/h5-6,11,21H,7-10H2,1-4H3. The molecule has 1 aromatic carbocycles. The van der Waals surface area contributed by atoms with Crippen molar-refractivity contribution in [2.45, 2.75) is 33.3 Å². The molecule has 0 bridgehead atoms. The summed E-state index contributed by atoms with van der Waals surface area (Å²) in [6.45, 7) is 9.39. The van der Waals surface area contributed by atoms with Crippen LogP contribution in [0, 0.1) is 0 Å². The Labute approximate surface area is 136 Å². The maximum Gasteiger partial charge on any atom is 0.410 e. The van der Waals surface area contributed by atoms with Crippen molar-refractivity contribution in [2.24, 2.45) is 0 Å². The second-order valence-electron chi connectivity index (χ2n) is 6.71. The number of anilines is 1. The molecule has 0 aromatic heterocycles. The minimum absolute atomic E-state index is 0.00966. The fourth-order valence-corrected chi connectivity index (χ4v) is 2.49. The molecule has 1 heterocycles. The summed E-state index contributed by atoms with van der Waals surface area (Å²) in [5.41, 5.74) is 0.667. The lowest BCUT2D eigenvalue weighted by molar-refractivity contribution is 0.0240. The second-order valence-corrected chi connectivity index (χ2v) is 6.71. The lowest BCUT2D eigenvalue weighted by Gasteiger charge is -2.36. The molecule has 0 unspecified atom stereocenters. The summed E-state index contributed by atoms with van der Waals surface area (Å²) in [6, 6.07) is 5.05. The summed E-state index contributed by atoms with van der Waals surface area (Å²) in [5, 5.41) is 9.93. The van der Waals surface area contributed by atoms with E-state index in [1.165, 1.54) is 6.92 Å². The van der Waals surface area contributed by atoms with Gasteiger partial charge in [-0.1, -0.05) is 0 Å². The number of ketones is 1. The van der Waals surface area contributed by atoms with E-state index in [4.69, 9.17) is 4.74 Å². The minimum atomic E-state index is -0.497. The molecule has 1 saturated heterocycles. The number of ether oxygens (including phenoxy) is 1. The number of phenols is 1. The second kappa shape index (κ2) is 6.48. The Bertz CT molecular complexity index is 599. The van der Waals surface area contributed by atoms with Crippen LogP contribution in [0.15, 0.2) is 18.2 Å². The van der Waals surface area contributed by atoms with Crippen LogP contribution in [-0.4, -0.2) is 53.7 Å². The molecule has 6 heteroatoms. The molecule has 126 valence electrons. The van der Waals surface area contributed by atoms with Gasteiger partial charge in [-0.2, -0.15) is 0 Å². The van der Waals surface area contributed by atoms with Crippen molar-refractivity contribution in [3.8, 4) is 5.75 Å². The summed E-state index contributed by atoms with van der Waals surface area (Å²) in [7, 11) is 0. The summed E-state index contributed by atoms with van der Waals surface area (Å²) >= 11 is 0. The first kappa shape index (κ1) is 17.1. The van der Waals surface area contributed by atoms with E-state index < -0.39 is 5.60 Å². The lowest BCUT2D eigenvalue weighted by Crippen LogP contribution is -2.50. The van der Waals surface area contributed by atoms with Crippen molar-refractivity contribution in [3.05, 3.63) is 23.8 Å². The van der Waals surface area contributed by atoms with Crippen molar-refractivity contribution < 1.29 is 19.4 Å². The molecular formula is C17H24N2O4. The molecule has 23 heavy (non-hydrogen) atoms. The Balaban J connectivity index is 1.98. The van der Waals surface area contributed by atoms with Crippen molar-refractivity contribution >= 4 is 17.6 Å². The Morgan fingerprint density at radius 1 is 1.13 bits per heavy atom. The number of amides is 1. The number of benzene rings is 1. The highest BCUT2D eigenvalue weighted by molar-refractivity contribution is 5.97. The number of hydrogen-bond donors (Lipinski definition) is 1. The normalized spacial score (nSPS) is 15.5. The molecule has 1 amide bonds. The zero-order valence-corrected chi connectivity index (χ0v) is 14.1. The maximum atomic E-state index is 12.0. The molecule has 1 aliphatic heterocycles. The quantitative estimate of drug-likeness (QED) is 0.848. The number of phenolic OH excluding ortho intramolecular Hbond substituents is 1. The highest BCUT2D eigenvalue weighted by Gasteiger charge is 2.26. The van der Waals surface area contributed by atoms with Crippen molar-refractivity contribution in [1.29, 1.82) is 0 Å². The highest BCUT2D eigenvalue weighted by Crippen LogP contribution is 2.26. The van der Waals surface area contributed by atoms with Gasteiger partial charge >= 0.3 is 6.09 Å². The van der Waals surface area contributed by atoms with Gasteiger partial charge in [0.25, 0.3) is 0 Å². The molecule has 0 radical (unpaired) electrons. The number of hydrogen-bond acceptors (Lipinski definition) is 5. The summed E-state index contributed by atoms with van der Waals surface area (Å²) in [4.78, 5) is 27.2. The molecule has 0 aliphatic carbocycles. The van der Waals surface area contributed by atoms with Crippen molar-refractivity contribution in [3.63, 3.8) is 0 Å². The number of carbonyl (C=O) groups excluding carboxylic acids is 2. The van der Waals surface area contributed by atoms with Crippen molar-refractivity contribution in [1.82, 2.24) is 4.90 Å². The zero-order chi connectivity index (χ0) is 17.2. The van der Waals surface area contributed by atoms with Crippen LogP contribution < -0.4 is 4.90 Å². The molecule has 1 aliphatic rings. The first-order valence-electron chi connectivity index (χ1n) is 7.74. The van der Waals surface area contributed by atoms with Gasteiger partial charge in [-0.3, -0.25) is 4.79 Å². The van der Waals surface area contributed by atoms with E-state index in [1.807, 2.05) is 26.8 Å². The lowest BCUT2D eigenvalue weighted by atomic mass is 10.1. The van der Waals surface area contributed by atoms with Gasteiger partial charge in [0, 0.05) is 37.9 Å². The van der Waals surface area contributed by atoms with Crippen LogP contribution in [0.1, 0.15) is 38.1 Å². The summed E-state index contributed by atoms with van der Waals surface area (Å²) in [5.74, 6) is -0.173. The van der Waals surface area contributed by atoms with E-state index in [9.17, 15) is 14.7 Å². The van der Waals surface area contributed by atoms with E-state index >= 15 is 0 Å². The molecular weight excluding hydrogens is 296 g/mol. The molecule has 0 atom stereocenters. The Morgan fingerprint density at radius 3 is 2.22 bits per heavy atom. The fourth-order valence-electron chi connectivity index (χ4n) is 2.49. The maximum absolute atomic E-state index is 12.0. The summed E-state index contributed by atoms with van der Waals surface area (Å²) in [6.07, 6.45) is -0.299. The first-order chi connectivity index (χ1) is 10.7. The van der Waals surface area contributed by atoms with Gasteiger partial charge in [-0.05, 0) is 39.8 Å². The molecule has 0 spiro atoms. The predicted octanol–water partition coefficient (Wildman–Crippen LogP) is 2.65. The monoisotopic (exact) mass is 320 g/mol. The Morgan fingerprint density at radius 2 is 1.74 bits per heavy atom. The molecule has 6 nitrogen and oxygen atoms in total. The average molecular weight is 320 g/mol. The van der Waals surface area contributed by atoms with E-state index in [0.29, 0.717) is 31.7 Å². The SMILES string of the molecule is CC(=O)c1ccc(N2CCN(C(=O)OC(C)(C)C)CC2)cc1O. The number of carbonyl (C=O) groups is 2. The van der Waals surface area contributed by atoms with E-state index in [2.05, 4.69) is 4.90 Å². The Kier molecular flexibility index (Phi) is 4.82. The topological polar surface area (TPSA) is 70.1 Å². The van der Waals surface area contributed by atoms with E-state index in [1.54, 1.807) is 17.0 Å². The van der Waals surface area contributed by atoms with Gasteiger partial charge in [0.1, 0.15) is 11.4 Å². The van der Waals surface area contributed by atoms with E-state index in [-0.39, 0.29) is 17.6 Å². The third-order valence-corrected chi connectivity index (χ3v) is 3.66. The van der Waals surface area contributed by atoms with Gasteiger partial charge in [0.2, 0.25) is 0 Å². The average Bonchev–Trinajstić information content (AvgIpc) is 2.45. The van der Waals surface area contributed by atoms with Gasteiger partial charge in [-0.25, -0.2) is 4.79 Å². The number of aromatic hydroxyl groups is 1. The zero-order valence-electron chi connectivity index (χ0n) is 14.1. The van der Waals surface area contributed by atoms with Crippen LogP contribution in [0.5, 0.6) is 5.75 Å². The number of piperazine rings is 1. The fraction of sp³-hybridized carbons (Fsp3) is 0.529. The Hall–Kier alpha value is -2.24. The third kappa shape index (κ3) is 4.37. The van der Waals surface area contributed by atoms with Gasteiger partial charge in [0.05, 0.1) is 5.56 Å². The third-order valence-electron chi connectivity index (χ3n) is 3.66. The largest absolute Gasteiger partial charge is 0.507 e. The van der Waals surface area contributed by atoms with Crippen LogP contribution in [-0.2, 0) is 4.74 Å². The van der Waals surface area contributed by atoms with Crippen LogP contribution in [0.3, 0.4) is 0 Å². The first-order valence-corrected chi connectivity index (χ1v) is 7.74. The molecule has 0 saturated carbocycles. The van der Waals surface area contributed by atoms with Crippen LogP contribution in [0.4, 0.5) is 10.5 Å². The summed E-state index contributed by atoms with van der Waals surface area (Å²) < 4.78 is 5.37. The molecule has 1 aromatic rings. The molecule has 2 rings (SSSR count). The molecule has 1 fully saturated rings. The smallest absolute Gasteiger partial charge is 0.410 e. The highest BCUT2D eigenvalue weighted by atomic mass is 16.6. The number of nitrogens with zero attached hydrogens (tertiary/aromatic N) is 2. The molecule has 1 N–H and O–H groups in total. The van der Waals surface area contributed by atoms with Crippen LogP contribution in [0.2, 0.25) is 0 Å². The van der Waals surface area contributed by atoms with Crippen LogP contribution in [0.25, 0.3) is 0 Å². The minimum Gasteiger partial charge on any atom is -0.507 e. The predicted molar refractivity (Wildman–Crippen MR) is 88.1 cm³/mol. The van der Waals surface area contributed by atoms with E-state index in [0.717, 1.165) is 5.69 Å². The number of Topliss-reactive ketones (excluding diaryl/α,β-unsaturated/α-hetero) is 1. The van der Waals surface area contributed by atoms with Gasteiger partial charge in [-0.15, -0.1) is 0 Å². The van der Waals surface area contributed by atoms with Gasteiger partial charge in [0.15, 0.2) is 5.78 Å².